The highest BCUT2D eigenvalue weighted by Gasteiger charge is 2.20. The number of benzene rings is 8. The lowest BCUT2D eigenvalue weighted by molar-refractivity contribution is 1.27. The molecule has 0 spiro atoms. The van der Waals surface area contributed by atoms with Crippen molar-refractivity contribution >= 4 is 84.6 Å². The zero-order valence-corrected chi connectivity index (χ0v) is 27.0. The van der Waals surface area contributed by atoms with Gasteiger partial charge < -0.3 is 0 Å². The molecular weight excluding hydrogens is 605 g/mol. The molecule has 2 heterocycles. The van der Waals surface area contributed by atoms with Gasteiger partial charge >= 0.3 is 0 Å². The Morgan fingerprint density at radius 3 is 1.51 bits per heavy atom. The summed E-state index contributed by atoms with van der Waals surface area (Å²) in [5, 5.41) is 10.6. The maximum Gasteiger partial charge on any atom is 0.0542 e. The minimum Gasteiger partial charge on any atom is -0.134 e. The predicted molar refractivity (Wildman–Crippen MR) is 206 cm³/mol. The standard InChI is InChI=1S/C45H26S2/c1-2-6-29-21-39-37(18-28(29)5-1)20-36-19-33(15-16-38(36)39)27-11-9-26(10-12-27)32-13-14-34-23-41-43(25-35(34)17-32)47-44-40-22-30-7-3-4-8-31(30)24-42(40)46-45(41)44/h1-19,21-25H,20H2. The molecule has 0 fully saturated rings. The number of thiophene rings is 2. The van der Waals surface area contributed by atoms with E-state index in [9.17, 15) is 0 Å². The van der Waals surface area contributed by atoms with E-state index >= 15 is 0 Å². The molecule has 2 aromatic heterocycles. The number of hydrogen-bond acceptors (Lipinski definition) is 2. The summed E-state index contributed by atoms with van der Waals surface area (Å²) < 4.78 is 5.58. The molecule has 10 aromatic rings. The molecule has 0 saturated carbocycles. The van der Waals surface area contributed by atoms with Gasteiger partial charge in [-0.3, -0.25) is 0 Å². The Kier molecular flexibility index (Phi) is 5.29. The van der Waals surface area contributed by atoms with Crippen molar-refractivity contribution in [3.63, 3.8) is 0 Å². The first-order valence-electron chi connectivity index (χ1n) is 16.2. The second-order valence-electron chi connectivity index (χ2n) is 13.0. The molecule has 0 radical (unpaired) electrons. The Balaban J connectivity index is 0.931. The van der Waals surface area contributed by atoms with Crippen molar-refractivity contribution in [1.29, 1.82) is 0 Å². The van der Waals surface area contributed by atoms with Gasteiger partial charge in [-0.2, -0.15) is 0 Å². The molecule has 0 amide bonds. The Morgan fingerprint density at radius 1 is 0.340 bits per heavy atom. The maximum atomic E-state index is 2.40. The molecule has 1 aliphatic rings. The first-order chi connectivity index (χ1) is 23.2. The zero-order valence-electron chi connectivity index (χ0n) is 25.4. The van der Waals surface area contributed by atoms with E-state index in [1.807, 2.05) is 22.7 Å². The minimum absolute atomic E-state index is 1.00. The molecule has 0 aliphatic heterocycles. The summed E-state index contributed by atoms with van der Waals surface area (Å²) in [5.74, 6) is 0. The Morgan fingerprint density at radius 2 is 0.830 bits per heavy atom. The summed E-state index contributed by atoms with van der Waals surface area (Å²) in [4.78, 5) is 0. The second-order valence-corrected chi connectivity index (χ2v) is 15.1. The van der Waals surface area contributed by atoms with Crippen LogP contribution in [-0.4, -0.2) is 0 Å². The summed E-state index contributed by atoms with van der Waals surface area (Å²) in [7, 11) is 0. The average Bonchev–Trinajstić information content (AvgIpc) is 3.77. The van der Waals surface area contributed by atoms with Crippen molar-refractivity contribution in [2.45, 2.75) is 6.42 Å². The van der Waals surface area contributed by atoms with E-state index in [1.165, 1.54) is 106 Å². The first kappa shape index (κ1) is 25.9. The first-order valence-corrected chi connectivity index (χ1v) is 17.8. The maximum absolute atomic E-state index is 2.40. The Bertz CT molecular complexity index is 2920. The summed E-state index contributed by atoms with van der Waals surface area (Å²) >= 11 is 3.87. The summed E-state index contributed by atoms with van der Waals surface area (Å²) in [6.07, 6.45) is 1.00. The van der Waals surface area contributed by atoms with E-state index < -0.39 is 0 Å². The predicted octanol–water partition coefficient (Wildman–Crippen LogP) is 13.6. The molecule has 8 aromatic carbocycles. The third-order valence-corrected chi connectivity index (χ3v) is 12.7. The quantitative estimate of drug-likeness (QED) is 0.178. The third-order valence-electron chi connectivity index (χ3n) is 10.2. The lowest BCUT2D eigenvalue weighted by Gasteiger charge is -2.09. The van der Waals surface area contributed by atoms with Crippen molar-refractivity contribution in [2.75, 3.05) is 0 Å². The second kappa shape index (κ2) is 9.62. The van der Waals surface area contributed by atoms with Gasteiger partial charge in [0, 0.05) is 20.2 Å². The molecule has 0 unspecified atom stereocenters. The van der Waals surface area contributed by atoms with E-state index in [1.54, 1.807) is 0 Å². The lowest BCUT2D eigenvalue weighted by Crippen LogP contribution is -1.85. The largest absolute Gasteiger partial charge is 0.134 e. The fourth-order valence-corrected chi connectivity index (χ4v) is 10.5. The lowest BCUT2D eigenvalue weighted by atomic mass is 9.96. The van der Waals surface area contributed by atoms with Crippen molar-refractivity contribution < 1.29 is 0 Å². The molecule has 0 saturated heterocycles. The van der Waals surface area contributed by atoms with Gasteiger partial charge in [-0.15, -0.1) is 22.7 Å². The van der Waals surface area contributed by atoms with Gasteiger partial charge in [0.2, 0.25) is 0 Å². The number of fused-ring (bicyclic) bond motifs is 11. The topological polar surface area (TPSA) is 0 Å². The number of rotatable bonds is 2. The van der Waals surface area contributed by atoms with E-state index in [4.69, 9.17) is 0 Å². The van der Waals surface area contributed by atoms with Crippen molar-refractivity contribution in [3.8, 4) is 33.4 Å². The highest BCUT2D eigenvalue weighted by atomic mass is 32.1. The van der Waals surface area contributed by atoms with Gasteiger partial charge in [-0.05, 0) is 120 Å². The molecule has 0 atom stereocenters. The van der Waals surface area contributed by atoms with E-state index in [0.717, 1.165) is 6.42 Å². The van der Waals surface area contributed by atoms with Crippen LogP contribution in [0, 0.1) is 0 Å². The van der Waals surface area contributed by atoms with Crippen LogP contribution in [0.5, 0.6) is 0 Å². The molecule has 218 valence electrons. The van der Waals surface area contributed by atoms with Crippen LogP contribution in [-0.2, 0) is 6.42 Å². The minimum atomic E-state index is 1.00. The Labute approximate surface area is 279 Å². The van der Waals surface area contributed by atoms with Crippen molar-refractivity contribution in [2.24, 2.45) is 0 Å². The van der Waals surface area contributed by atoms with Crippen LogP contribution >= 0.6 is 22.7 Å². The third kappa shape index (κ3) is 3.92. The summed E-state index contributed by atoms with van der Waals surface area (Å²) in [6, 6.07) is 54.7. The summed E-state index contributed by atoms with van der Waals surface area (Å²) in [6.45, 7) is 0. The van der Waals surface area contributed by atoms with E-state index in [-0.39, 0.29) is 0 Å². The van der Waals surface area contributed by atoms with E-state index in [0.29, 0.717) is 0 Å². The van der Waals surface area contributed by atoms with Crippen LogP contribution in [0.3, 0.4) is 0 Å². The van der Waals surface area contributed by atoms with Crippen LogP contribution in [0.25, 0.3) is 95.3 Å². The van der Waals surface area contributed by atoms with Gasteiger partial charge in [0.25, 0.3) is 0 Å². The molecule has 47 heavy (non-hydrogen) atoms. The van der Waals surface area contributed by atoms with Crippen LogP contribution < -0.4 is 0 Å². The van der Waals surface area contributed by atoms with Gasteiger partial charge in [-0.1, -0.05) is 109 Å². The molecule has 1 aliphatic carbocycles. The fourth-order valence-electron chi connectivity index (χ4n) is 7.79. The molecule has 0 N–H and O–H groups in total. The van der Waals surface area contributed by atoms with E-state index in [2.05, 4.69) is 146 Å². The van der Waals surface area contributed by atoms with Crippen LogP contribution in [0.2, 0.25) is 0 Å². The van der Waals surface area contributed by atoms with Crippen LogP contribution in [0.1, 0.15) is 11.1 Å². The van der Waals surface area contributed by atoms with Gasteiger partial charge in [0.15, 0.2) is 0 Å². The molecule has 2 heteroatoms. The monoisotopic (exact) mass is 630 g/mol. The normalized spacial score (nSPS) is 12.6. The smallest absolute Gasteiger partial charge is 0.0542 e. The van der Waals surface area contributed by atoms with Gasteiger partial charge in [-0.25, -0.2) is 0 Å². The van der Waals surface area contributed by atoms with Crippen molar-refractivity contribution in [1.82, 2.24) is 0 Å². The van der Waals surface area contributed by atoms with Gasteiger partial charge in [0.1, 0.15) is 0 Å². The van der Waals surface area contributed by atoms with Crippen molar-refractivity contribution in [3.05, 3.63) is 157 Å². The molecule has 0 bridgehead atoms. The molecule has 11 rings (SSSR count). The fraction of sp³-hybridized carbons (Fsp3) is 0.0222. The zero-order chi connectivity index (χ0) is 30.6. The Hall–Kier alpha value is -5.28. The summed E-state index contributed by atoms with van der Waals surface area (Å²) in [5.41, 5.74) is 10.7. The van der Waals surface area contributed by atoms with Crippen LogP contribution in [0.4, 0.5) is 0 Å². The van der Waals surface area contributed by atoms with Crippen LogP contribution in [0.15, 0.2) is 146 Å². The number of hydrogen-bond donors (Lipinski definition) is 0. The SMILES string of the molecule is c1ccc2cc3c(cc2c1)Cc1cc(-c2ccc(-c4ccc5cc6c(cc5c4)sc4c5cc7ccccc7cc5sc64)cc2)ccc1-3. The average molecular weight is 631 g/mol. The highest BCUT2D eigenvalue weighted by molar-refractivity contribution is 7.36. The molecular formula is C45H26S2. The molecule has 0 nitrogen and oxygen atoms in total. The highest BCUT2D eigenvalue weighted by Crippen LogP contribution is 2.47. The van der Waals surface area contributed by atoms with Gasteiger partial charge in [0.05, 0.1) is 9.40 Å².